The Labute approximate surface area is 224 Å². The van der Waals surface area contributed by atoms with Crippen LogP contribution in [0.25, 0.3) is 0 Å². The minimum absolute atomic E-state index is 0.0242. The summed E-state index contributed by atoms with van der Waals surface area (Å²) < 4.78 is 6.29. The van der Waals surface area contributed by atoms with Gasteiger partial charge in [0, 0.05) is 51.3 Å². The topological polar surface area (TPSA) is 48.1 Å². The van der Waals surface area contributed by atoms with Gasteiger partial charge in [0.25, 0.3) is 5.91 Å². The molecule has 6 nitrogen and oxygen atoms in total. The number of halogens is 2. The van der Waals surface area contributed by atoms with Gasteiger partial charge < -0.3 is 9.64 Å². The van der Waals surface area contributed by atoms with Gasteiger partial charge in [0.15, 0.2) is 0 Å². The number of nitrogens with one attached hydrogen (secondary N) is 1. The Morgan fingerprint density at radius 3 is 2.72 bits per heavy atom. The molecule has 2 aromatic rings. The highest BCUT2D eigenvalue weighted by atomic mass is 35.5. The molecule has 4 saturated heterocycles. The third-order valence-corrected chi connectivity index (χ3v) is 8.58. The molecule has 2 aromatic carbocycles. The van der Waals surface area contributed by atoms with Gasteiger partial charge in [0.1, 0.15) is 6.23 Å². The number of fused-ring (bicyclic) bond motifs is 2. The molecule has 8 heteroatoms. The van der Waals surface area contributed by atoms with Gasteiger partial charge in [0.05, 0.1) is 22.2 Å². The third kappa shape index (κ3) is 5.74. The van der Waals surface area contributed by atoms with Crippen molar-refractivity contribution in [2.75, 3.05) is 39.8 Å². The van der Waals surface area contributed by atoms with Crippen LogP contribution in [0.4, 0.5) is 0 Å². The van der Waals surface area contributed by atoms with E-state index in [4.69, 9.17) is 27.9 Å². The van der Waals surface area contributed by atoms with Crippen molar-refractivity contribution < 1.29 is 9.53 Å². The molecule has 4 aliphatic rings. The number of carbonyl (C=O) groups excluding carboxylic acids is 1. The fraction of sp³-hybridized carbons (Fsp3) is 0.536. The molecule has 0 spiro atoms. The molecule has 0 aromatic heterocycles. The number of nitrogens with zero attached hydrogens (tertiary/aromatic N) is 3. The molecule has 4 heterocycles. The first kappa shape index (κ1) is 26.0. The summed E-state index contributed by atoms with van der Waals surface area (Å²) >= 11 is 12.6. The maximum absolute atomic E-state index is 13.1. The summed E-state index contributed by atoms with van der Waals surface area (Å²) in [5.74, 6) is 0.154. The summed E-state index contributed by atoms with van der Waals surface area (Å²) in [6, 6.07) is 15.7. The van der Waals surface area contributed by atoms with Crippen LogP contribution in [0.1, 0.15) is 53.9 Å². The highest BCUT2D eigenvalue weighted by Gasteiger charge is 2.52. The van der Waals surface area contributed by atoms with Gasteiger partial charge in [-0.3, -0.25) is 15.1 Å². The van der Waals surface area contributed by atoms with Crippen molar-refractivity contribution in [2.24, 2.45) is 0 Å². The second-order valence-electron chi connectivity index (χ2n) is 10.3. The summed E-state index contributed by atoms with van der Waals surface area (Å²) in [6.07, 6.45) is 6.19. The summed E-state index contributed by atoms with van der Waals surface area (Å²) in [5, 5.41) is 3.54. The minimum atomic E-state index is 0.0242. The number of benzene rings is 2. The van der Waals surface area contributed by atoms with Crippen molar-refractivity contribution in [3.63, 3.8) is 0 Å². The molecule has 0 radical (unpaired) electrons. The van der Waals surface area contributed by atoms with Crippen LogP contribution in [-0.4, -0.2) is 78.9 Å². The van der Waals surface area contributed by atoms with Crippen LogP contribution >= 0.6 is 23.2 Å². The average molecular weight is 532 g/mol. The Bertz CT molecular complexity index is 1030. The minimum Gasteiger partial charge on any atom is -0.356 e. The SMILES string of the molecule is CN(CC(CCN1CCC2O[C@H]1C2N1CCCCCN1)c1ccc(Cl)c(Cl)c1)C(=O)c1ccccc1. The Balaban J connectivity index is 1.27. The molecular weight excluding hydrogens is 495 g/mol. The number of amides is 1. The van der Waals surface area contributed by atoms with Gasteiger partial charge in [-0.05, 0) is 55.5 Å². The molecule has 2 bridgehead atoms. The van der Waals surface area contributed by atoms with E-state index in [2.05, 4.69) is 15.3 Å². The fourth-order valence-corrected chi connectivity index (χ4v) is 6.10. The number of hydrogen-bond donors (Lipinski definition) is 1. The van der Waals surface area contributed by atoms with Crippen molar-refractivity contribution in [1.29, 1.82) is 0 Å². The van der Waals surface area contributed by atoms with Gasteiger partial charge in [-0.1, -0.05) is 53.9 Å². The van der Waals surface area contributed by atoms with Crippen molar-refractivity contribution in [3.8, 4) is 0 Å². The lowest BCUT2D eigenvalue weighted by molar-refractivity contribution is -0.291. The molecule has 3 unspecified atom stereocenters. The summed E-state index contributed by atoms with van der Waals surface area (Å²) in [6.45, 7) is 4.70. The molecule has 4 atom stereocenters. The molecule has 4 fully saturated rings. The van der Waals surface area contributed by atoms with E-state index in [1.54, 1.807) is 0 Å². The predicted molar refractivity (Wildman–Crippen MR) is 144 cm³/mol. The van der Waals surface area contributed by atoms with Gasteiger partial charge in [-0.2, -0.15) is 0 Å². The first-order chi connectivity index (χ1) is 17.5. The van der Waals surface area contributed by atoms with Gasteiger partial charge in [-0.15, -0.1) is 0 Å². The lowest BCUT2D eigenvalue weighted by atomic mass is 9.90. The molecule has 0 aliphatic carbocycles. The zero-order chi connectivity index (χ0) is 25.1. The molecule has 0 saturated carbocycles. The maximum Gasteiger partial charge on any atom is 0.253 e. The zero-order valence-corrected chi connectivity index (χ0v) is 22.4. The van der Waals surface area contributed by atoms with Crippen LogP contribution in [0.2, 0.25) is 10.0 Å². The number of hydrazine groups is 1. The standard InChI is InChI=1S/C28H36Cl2N4O2/c1-32(27(35)20-8-4-2-5-9-20)19-22(21-10-11-23(29)24(30)18-21)12-16-33-17-13-25-26(28(33)36-25)34-15-7-3-6-14-31-34/h2,4-5,8-11,18,22,25-26,28,31H,3,6-7,12-17,19H2,1H3/t22?,25?,26?,28-/m0/s1. The molecule has 4 aliphatic heterocycles. The zero-order valence-electron chi connectivity index (χ0n) is 20.9. The molecule has 194 valence electrons. The van der Waals surface area contributed by atoms with Crippen molar-refractivity contribution >= 4 is 29.1 Å². The molecule has 6 rings (SSSR count). The van der Waals surface area contributed by atoms with E-state index in [0.29, 0.717) is 34.3 Å². The number of hydrogen-bond acceptors (Lipinski definition) is 5. The monoisotopic (exact) mass is 530 g/mol. The van der Waals surface area contributed by atoms with E-state index < -0.39 is 0 Å². The van der Waals surface area contributed by atoms with E-state index in [0.717, 1.165) is 44.6 Å². The van der Waals surface area contributed by atoms with Crippen LogP contribution in [-0.2, 0) is 4.74 Å². The van der Waals surface area contributed by atoms with Gasteiger partial charge in [-0.25, -0.2) is 5.01 Å². The summed E-state index contributed by atoms with van der Waals surface area (Å²) in [7, 11) is 1.88. The van der Waals surface area contributed by atoms with Crippen molar-refractivity contribution in [2.45, 2.75) is 56.4 Å². The second-order valence-corrected chi connectivity index (χ2v) is 11.1. The highest BCUT2D eigenvalue weighted by Crippen LogP contribution is 2.37. The number of piperidine rings is 1. The molecular formula is C28H36Cl2N4O2. The maximum atomic E-state index is 13.1. The van der Waals surface area contributed by atoms with Gasteiger partial charge >= 0.3 is 0 Å². The van der Waals surface area contributed by atoms with E-state index in [1.807, 2.05) is 60.5 Å². The smallest absolute Gasteiger partial charge is 0.253 e. The summed E-state index contributed by atoms with van der Waals surface area (Å²) in [5.41, 5.74) is 5.45. The van der Waals surface area contributed by atoms with E-state index in [9.17, 15) is 4.79 Å². The number of ether oxygens (including phenoxy) is 1. The van der Waals surface area contributed by atoms with Crippen molar-refractivity contribution in [3.05, 3.63) is 69.7 Å². The highest BCUT2D eigenvalue weighted by molar-refractivity contribution is 6.42. The van der Waals surface area contributed by atoms with E-state index in [1.165, 1.54) is 19.3 Å². The first-order valence-corrected chi connectivity index (χ1v) is 13.9. The molecule has 1 amide bonds. The number of carbonyl (C=O) groups is 1. The lowest BCUT2D eigenvalue weighted by Crippen LogP contribution is -2.74. The predicted octanol–water partition coefficient (Wildman–Crippen LogP) is 5.03. The Morgan fingerprint density at radius 1 is 1.11 bits per heavy atom. The number of rotatable bonds is 8. The van der Waals surface area contributed by atoms with Gasteiger partial charge in [0.2, 0.25) is 0 Å². The van der Waals surface area contributed by atoms with Crippen molar-refractivity contribution in [1.82, 2.24) is 20.2 Å². The molecule has 36 heavy (non-hydrogen) atoms. The Hall–Kier alpha value is -1.67. The molecule has 1 N–H and O–H groups in total. The normalized spacial score (nSPS) is 25.6. The van der Waals surface area contributed by atoms with Crippen LogP contribution in [0.3, 0.4) is 0 Å². The van der Waals surface area contributed by atoms with E-state index >= 15 is 0 Å². The van der Waals surface area contributed by atoms with Crippen LogP contribution < -0.4 is 5.43 Å². The first-order valence-electron chi connectivity index (χ1n) is 13.2. The second kappa shape index (κ2) is 11.8. The van der Waals surface area contributed by atoms with Crippen LogP contribution in [0.5, 0.6) is 0 Å². The summed E-state index contributed by atoms with van der Waals surface area (Å²) in [4.78, 5) is 17.4. The largest absolute Gasteiger partial charge is 0.356 e. The fourth-order valence-electron chi connectivity index (χ4n) is 5.80. The quantitative estimate of drug-likeness (QED) is 0.518. The Kier molecular flexibility index (Phi) is 8.51. The Morgan fingerprint density at radius 2 is 1.94 bits per heavy atom. The van der Waals surface area contributed by atoms with E-state index in [-0.39, 0.29) is 18.1 Å². The lowest BCUT2D eigenvalue weighted by Gasteiger charge is -2.58. The average Bonchev–Trinajstić information content (AvgIpc) is 3.17. The van der Waals surface area contributed by atoms with Crippen LogP contribution in [0, 0.1) is 0 Å². The third-order valence-electron chi connectivity index (χ3n) is 7.84. The number of likely N-dealkylation sites (N-methyl/N-ethyl adjacent to an activating group) is 1. The van der Waals surface area contributed by atoms with Crippen LogP contribution in [0.15, 0.2) is 48.5 Å².